The van der Waals surface area contributed by atoms with Gasteiger partial charge in [-0.1, -0.05) is 37.3 Å². The van der Waals surface area contributed by atoms with Crippen molar-refractivity contribution in [2.24, 2.45) is 5.92 Å². The van der Waals surface area contributed by atoms with Gasteiger partial charge < -0.3 is 10.2 Å². The fraction of sp³-hybridized carbons (Fsp3) is 0.333. The zero-order valence-electron chi connectivity index (χ0n) is 8.96. The van der Waals surface area contributed by atoms with Crippen LogP contribution in [0.2, 0.25) is 0 Å². The van der Waals surface area contributed by atoms with Crippen molar-refractivity contribution in [3.8, 4) is 0 Å². The summed E-state index contributed by atoms with van der Waals surface area (Å²) in [4.78, 5) is 21.6. The third-order valence-corrected chi connectivity index (χ3v) is 2.64. The fourth-order valence-corrected chi connectivity index (χ4v) is 1.65. The van der Waals surface area contributed by atoms with Crippen molar-refractivity contribution >= 4 is 11.9 Å². The zero-order chi connectivity index (χ0) is 12.1. The topological polar surface area (TPSA) is 74.6 Å². The van der Waals surface area contributed by atoms with Crippen LogP contribution in [0.25, 0.3) is 0 Å². The molecule has 0 spiro atoms. The molecule has 0 saturated heterocycles. The van der Waals surface area contributed by atoms with E-state index in [2.05, 4.69) is 0 Å². The largest absolute Gasteiger partial charge is 0.481 e. The maximum Gasteiger partial charge on any atom is 0.307 e. The smallest absolute Gasteiger partial charge is 0.307 e. The maximum absolute atomic E-state index is 11.0. The van der Waals surface area contributed by atoms with E-state index in [1.807, 2.05) is 30.3 Å². The van der Waals surface area contributed by atoms with Crippen LogP contribution in [-0.4, -0.2) is 22.2 Å². The average Bonchev–Trinajstić information content (AvgIpc) is 2.25. The first kappa shape index (κ1) is 12.2. The molecule has 0 aromatic heterocycles. The van der Waals surface area contributed by atoms with E-state index in [4.69, 9.17) is 10.2 Å². The van der Waals surface area contributed by atoms with E-state index in [9.17, 15) is 9.59 Å². The van der Waals surface area contributed by atoms with Gasteiger partial charge in [-0.2, -0.15) is 0 Å². The first-order valence-corrected chi connectivity index (χ1v) is 5.02. The van der Waals surface area contributed by atoms with Crippen molar-refractivity contribution in [3.05, 3.63) is 35.9 Å². The van der Waals surface area contributed by atoms with Crippen LogP contribution in [0.15, 0.2) is 30.3 Å². The number of carbonyl (C=O) groups is 2. The van der Waals surface area contributed by atoms with Crippen molar-refractivity contribution in [1.29, 1.82) is 0 Å². The molecule has 0 amide bonds. The van der Waals surface area contributed by atoms with Crippen LogP contribution in [0.5, 0.6) is 0 Å². The molecule has 1 rings (SSSR count). The Hall–Kier alpha value is -1.84. The van der Waals surface area contributed by atoms with E-state index in [0.29, 0.717) is 0 Å². The summed E-state index contributed by atoms with van der Waals surface area (Å²) in [5.74, 6) is -3.36. The molecule has 4 heteroatoms. The Balaban J connectivity index is 2.87. The molecular formula is C12H14O4. The van der Waals surface area contributed by atoms with Crippen molar-refractivity contribution < 1.29 is 19.8 Å². The number of benzene rings is 1. The van der Waals surface area contributed by atoms with Crippen molar-refractivity contribution in [3.63, 3.8) is 0 Å². The standard InChI is InChI=1S/C12H14O4/c1-8(9-5-3-2-4-6-9)10(12(15)16)7-11(13)14/h2-6,8,10H,7H2,1H3,(H,13,14)(H,15,16)/t8?,10-/m1/s1. The Kier molecular flexibility index (Phi) is 4.05. The van der Waals surface area contributed by atoms with Gasteiger partial charge in [0.2, 0.25) is 0 Å². The van der Waals surface area contributed by atoms with Gasteiger partial charge in [0.15, 0.2) is 0 Å². The zero-order valence-corrected chi connectivity index (χ0v) is 8.96. The molecule has 0 aliphatic heterocycles. The van der Waals surface area contributed by atoms with Gasteiger partial charge in [-0.05, 0) is 11.5 Å². The Morgan fingerprint density at radius 2 is 1.75 bits per heavy atom. The minimum Gasteiger partial charge on any atom is -0.481 e. The van der Waals surface area contributed by atoms with E-state index in [1.54, 1.807) is 6.92 Å². The highest BCUT2D eigenvalue weighted by molar-refractivity contribution is 5.78. The lowest BCUT2D eigenvalue weighted by atomic mass is 9.85. The minimum atomic E-state index is -1.09. The summed E-state index contributed by atoms with van der Waals surface area (Å²) < 4.78 is 0. The van der Waals surface area contributed by atoms with Gasteiger partial charge in [-0.25, -0.2) is 0 Å². The van der Waals surface area contributed by atoms with E-state index in [1.165, 1.54) is 0 Å². The minimum absolute atomic E-state index is 0.310. The molecule has 2 atom stereocenters. The molecule has 16 heavy (non-hydrogen) atoms. The van der Waals surface area contributed by atoms with Gasteiger partial charge in [0.1, 0.15) is 0 Å². The van der Waals surface area contributed by atoms with Crippen LogP contribution in [0, 0.1) is 5.92 Å². The average molecular weight is 222 g/mol. The van der Waals surface area contributed by atoms with E-state index in [-0.39, 0.29) is 12.3 Å². The van der Waals surface area contributed by atoms with Gasteiger partial charge in [0.25, 0.3) is 0 Å². The predicted octanol–water partition coefficient (Wildman–Crippen LogP) is 1.97. The second-order valence-corrected chi connectivity index (χ2v) is 3.74. The van der Waals surface area contributed by atoms with Gasteiger partial charge >= 0.3 is 11.9 Å². The summed E-state index contributed by atoms with van der Waals surface area (Å²) >= 11 is 0. The lowest BCUT2D eigenvalue weighted by Gasteiger charge is -2.18. The molecule has 2 N–H and O–H groups in total. The number of hydrogen-bond acceptors (Lipinski definition) is 2. The number of rotatable bonds is 5. The molecule has 0 aliphatic rings. The number of carboxylic acids is 2. The summed E-state index contributed by atoms with van der Waals surface area (Å²) in [5.41, 5.74) is 0.844. The van der Waals surface area contributed by atoms with Crippen LogP contribution in [0.4, 0.5) is 0 Å². The molecular weight excluding hydrogens is 208 g/mol. The Bertz CT molecular complexity index is 372. The SMILES string of the molecule is CC(c1ccccc1)[C@@H](CC(=O)O)C(=O)O. The molecule has 0 aliphatic carbocycles. The molecule has 0 heterocycles. The highest BCUT2D eigenvalue weighted by Crippen LogP contribution is 2.26. The van der Waals surface area contributed by atoms with Gasteiger partial charge in [0.05, 0.1) is 12.3 Å². The normalized spacial score (nSPS) is 14.1. The van der Waals surface area contributed by atoms with Crippen LogP contribution in [0.3, 0.4) is 0 Å². The van der Waals surface area contributed by atoms with Crippen LogP contribution in [-0.2, 0) is 9.59 Å². The Morgan fingerprint density at radius 1 is 1.19 bits per heavy atom. The van der Waals surface area contributed by atoms with Crippen LogP contribution >= 0.6 is 0 Å². The Labute approximate surface area is 93.5 Å². The van der Waals surface area contributed by atoms with Gasteiger partial charge in [0, 0.05) is 0 Å². The summed E-state index contributed by atoms with van der Waals surface area (Å²) in [6, 6.07) is 9.07. The van der Waals surface area contributed by atoms with Crippen molar-refractivity contribution in [1.82, 2.24) is 0 Å². The Morgan fingerprint density at radius 3 is 2.19 bits per heavy atom. The highest BCUT2D eigenvalue weighted by atomic mass is 16.4. The quantitative estimate of drug-likeness (QED) is 0.798. The molecule has 0 bridgehead atoms. The molecule has 1 unspecified atom stereocenters. The van der Waals surface area contributed by atoms with Crippen molar-refractivity contribution in [2.45, 2.75) is 19.3 Å². The molecule has 0 radical (unpaired) electrons. The van der Waals surface area contributed by atoms with Crippen molar-refractivity contribution in [2.75, 3.05) is 0 Å². The van der Waals surface area contributed by atoms with E-state index >= 15 is 0 Å². The first-order valence-electron chi connectivity index (χ1n) is 5.02. The summed E-state index contributed by atoms with van der Waals surface area (Å²) in [6.07, 6.45) is -0.356. The summed E-state index contributed by atoms with van der Waals surface area (Å²) in [6.45, 7) is 1.73. The van der Waals surface area contributed by atoms with Crippen LogP contribution < -0.4 is 0 Å². The first-order chi connectivity index (χ1) is 7.52. The molecule has 0 saturated carbocycles. The molecule has 86 valence electrons. The fourth-order valence-electron chi connectivity index (χ4n) is 1.65. The third kappa shape index (κ3) is 3.08. The molecule has 1 aromatic rings. The molecule has 4 nitrogen and oxygen atoms in total. The van der Waals surface area contributed by atoms with E-state index < -0.39 is 17.9 Å². The third-order valence-electron chi connectivity index (χ3n) is 2.64. The number of hydrogen-bond donors (Lipinski definition) is 2. The van der Waals surface area contributed by atoms with Crippen LogP contribution in [0.1, 0.15) is 24.8 Å². The monoisotopic (exact) mass is 222 g/mol. The maximum atomic E-state index is 11.0. The highest BCUT2D eigenvalue weighted by Gasteiger charge is 2.28. The number of carboxylic acid groups (broad SMARTS) is 2. The summed E-state index contributed by atoms with van der Waals surface area (Å²) in [5, 5.41) is 17.7. The lowest BCUT2D eigenvalue weighted by molar-refractivity contribution is -0.149. The summed E-state index contributed by atoms with van der Waals surface area (Å²) in [7, 11) is 0. The lowest BCUT2D eigenvalue weighted by Crippen LogP contribution is -2.23. The number of aliphatic carboxylic acids is 2. The van der Waals surface area contributed by atoms with Gasteiger partial charge in [-0.15, -0.1) is 0 Å². The molecule has 0 fully saturated rings. The van der Waals surface area contributed by atoms with E-state index in [0.717, 1.165) is 5.56 Å². The predicted molar refractivity (Wildman–Crippen MR) is 58.2 cm³/mol. The molecule has 1 aromatic carbocycles. The second kappa shape index (κ2) is 5.30. The second-order valence-electron chi connectivity index (χ2n) is 3.74. The van der Waals surface area contributed by atoms with Gasteiger partial charge in [-0.3, -0.25) is 9.59 Å².